The molecule has 2 aliphatic rings. The molecule has 7 heteroatoms. The molecule has 1 aliphatic carbocycles. The molecule has 0 radical (unpaired) electrons. The second kappa shape index (κ2) is 8.68. The predicted molar refractivity (Wildman–Crippen MR) is 127 cm³/mol. The van der Waals surface area contributed by atoms with Crippen molar-refractivity contribution >= 4 is 11.4 Å². The van der Waals surface area contributed by atoms with E-state index in [9.17, 15) is 0 Å². The number of nitrogens with zero attached hydrogens (tertiary/aromatic N) is 2. The zero-order valence-electron chi connectivity index (χ0n) is 18.1. The molecule has 5 rings (SSSR count). The zero-order valence-corrected chi connectivity index (χ0v) is 18.1. The highest BCUT2D eigenvalue weighted by molar-refractivity contribution is 5.76. The van der Waals surface area contributed by atoms with Gasteiger partial charge in [-0.05, 0) is 49.5 Å². The monoisotopic (exact) mass is 430 g/mol. The molecule has 1 aromatic heterocycles. The summed E-state index contributed by atoms with van der Waals surface area (Å²) in [4.78, 5) is 4.52. The van der Waals surface area contributed by atoms with Crippen LogP contribution in [0.5, 0.6) is 5.75 Å². The van der Waals surface area contributed by atoms with Crippen molar-refractivity contribution < 1.29 is 4.74 Å². The minimum Gasteiger partial charge on any atom is -0.489 e. The Morgan fingerprint density at radius 3 is 2.72 bits per heavy atom. The highest BCUT2D eigenvalue weighted by Gasteiger charge is 2.39. The van der Waals surface area contributed by atoms with E-state index in [1.54, 1.807) is 6.20 Å². The smallest absolute Gasteiger partial charge is 0.174 e. The lowest BCUT2D eigenvalue weighted by Crippen LogP contribution is -2.58. The van der Waals surface area contributed by atoms with E-state index in [4.69, 9.17) is 16.2 Å². The van der Waals surface area contributed by atoms with Crippen LogP contribution < -0.4 is 26.9 Å². The van der Waals surface area contributed by atoms with Crippen molar-refractivity contribution in [1.82, 2.24) is 9.66 Å². The molecule has 0 amide bonds. The van der Waals surface area contributed by atoms with Crippen molar-refractivity contribution in [2.45, 2.75) is 44.0 Å². The molecule has 0 saturated heterocycles. The molecule has 32 heavy (non-hydrogen) atoms. The SMILES string of the molecule is NC1CCC(C2(N)C=C(Nc3cccc(OCc4ccccc4)c3)c3nccn3N2)CC1. The first-order valence-corrected chi connectivity index (χ1v) is 11.2. The summed E-state index contributed by atoms with van der Waals surface area (Å²) in [6.07, 6.45) is 9.76. The third-order valence-electron chi connectivity index (χ3n) is 6.39. The highest BCUT2D eigenvalue weighted by atomic mass is 16.5. The van der Waals surface area contributed by atoms with Crippen LogP contribution in [0, 0.1) is 5.92 Å². The Labute approximate surface area is 188 Å². The molecule has 2 heterocycles. The number of aromatic nitrogens is 2. The van der Waals surface area contributed by atoms with Gasteiger partial charge in [0.25, 0.3) is 0 Å². The maximum absolute atomic E-state index is 6.90. The van der Waals surface area contributed by atoms with Gasteiger partial charge in [0.2, 0.25) is 0 Å². The van der Waals surface area contributed by atoms with Crippen molar-refractivity contribution in [2.75, 3.05) is 10.7 Å². The van der Waals surface area contributed by atoms with E-state index in [1.807, 2.05) is 53.3 Å². The van der Waals surface area contributed by atoms with Gasteiger partial charge in [-0.25, -0.2) is 9.66 Å². The molecule has 1 fully saturated rings. The zero-order chi connectivity index (χ0) is 22.0. The van der Waals surface area contributed by atoms with E-state index < -0.39 is 5.66 Å². The molecule has 1 saturated carbocycles. The Balaban J connectivity index is 1.35. The van der Waals surface area contributed by atoms with Crippen LogP contribution in [0.25, 0.3) is 5.70 Å². The number of imidazole rings is 1. The maximum atomic E-state index is 6.90. The third kappa shape index (κ3) is 4.35. The molecular weight excluding hydrogens is 400 g/mol. The topological polar surface area (TPSA) is 103 Å². The van der Waals surface area contributed by atoms with Gasteiger partial charge < -0.3 is 26.9 Å². The van der Waals surface area contributed by atoms with Gasteiger partial charge in [0.15, 0.2) is 5.82 Å². The van der Waals surface area contributed by atoms with Crippen LogP contribution in [0.3, 0.4) is 0 Å². The molecule has 0 spiro atoms. The Morgan fingerprint density at radius 1 is 1.09 bits per heavy atom. The Morgan fingerprint density at radius 2 is 1.91 bits per heavy atom. The molecule has 2 aromatic carbocycles. The second-order valence-corrected chi connectivity index (χ2v) is 8.76. The van der Waals surface area contributed by atoms with Gasteiger partial charge in [0.1, 0.15) is 18.0 Å². The number of anilines is 1. The number of benzene rings is 2. The summed E-state index contributed by atoms with van der Waals surface area (Å²) >= 11 is 0. The van der Waals surface area contributed by atoms with Crippen LogP contribution in [0.15, 0.2) is 73.1 Å². The maximum Gasteiger partial charge on any atom is 0.174 e. The summed E-state index contributed by atoms with van der Waals surface area (Å²) in [6.45, 7) is 0.525. The van der Waals surface area contributed by atoms with Gasteiger partial charge in [0, 0.05) is 36.1 Å². The average molecular weight is 431 g/mol. The van der Waals surface area contributed by atoms with Gasteiger partial charge in [-0.2, -0.15) is 0 Å². The molecule has 1 unspecified atom stereocenters. The number of hydrogen-bond acceptors (Lipinski definition) is 6. The van der Waals surface area contributed by atoms with Crippen LogP contribution in [-0.2, 0) is 6.61 Å². The minimum absolute atomic E-state index is 0.280. The fourth-order valence-electron chi connectivity index (χ4n) is 4.60. The van der Waals surface area contributed by atoms with Crippen LogP contribution in [0.1, 0.15) is 37.1 Å². The number of nitrogens with one attached hydrogen (secondary N) is 2. The summed E-state index contributed by atoms with van der Waals surface area (Å²) in [5.74, 6) is 1.90. The predicted octanol–water partition coefficient (Wildman–Crippen LogP) is 3.64. The molecule has 7 nitrogen and oxygen atoms in total. The number of nitrogens with two attached hydrogens (primary N) is 2. The molecular formula is C25H30N6O. The van der Waals surface area contributed by atoms with E-state index in [0.29, 0.717) is 12.5 Å². The molecule has 3 aromatic rings. The first-order chi connectivity index (χ1) is 15.6. The van der Waals surface area contributed by atoms with Crippen molar-refractivity contribution in [3.8, 4) is 5.75 Å². The summed E-state index contributed by atoms with van der Waals surface area (Å²) < 4.78 is 7.90. The molecule has 6 N–H and O–H groups in total. The second-order valence-electron chi connectivity index (χ2n) is 8.76. The number of fused-ring (bicyclic) bond motifs is 1. The van der Waals surface area contributed by atoms with Gasteiger partial charge >= 0.3 is 0 Å². The molecule has 1 aliphatic heterocycles. The fraction of sp³-hybridized carbons (Fsp3) is 0.320. The number of rotatable bonds is 6. The Bertz CT molecular complexity index is 1090. The lowest BCUT2D eigenvalue weighted by Gasteiger charge is -2.42. The van der Waals surface area contributed by atoms with E-state index in [2.05, 4.69) is 33.9 Å². The lowest BCUT2D eigenvalue weighted by atomic mass is 9.78. The minimum atomic E-state index is -0.669. The summed E-state index contributed by atoms with van der Waals surface area (Å²) in [6, 6.07) is 18.4. The van der Waals surface area contributed by atoms with Crippen LogP contribution in [-0.4, -0.2) is 21.4 Å². The van der Waals surface area contributed by atoms with Gasteiger partial charge in [-0.1, -0.05) is 36.4 Å². The summed E-state index contributed by atoms with van der Waals surface area (Å²) in [7, 11) is 0. The summed E-state index contributed by atoms with van der Waals surface area (Å²) in [5, 5.41) is 3.52. The van der Waals surface area contributed by atoms with Crippen LogP contribution >= 0.6 is 0 Å². The molecule has 1 atom stereocenters. The van der Waals surface area contributed by atoms with E-state index in [0.717, 1.165) is 54.2 Å². The largest absolute Gasteiger partial charge is 0.489 e. The van der Waals surface area contributed by atoms with Gasteiger partial charge in [-0.15, -0.1) is 0 Å². The first-order valence-electron chi connectivity index (χ1n) is 11.2. The van der Waals surface area contributed by atoms with Crippen molar-refractivity contribution in [2.24, 2.45) is 17.4 Å². The molecule has 166 valence electrons. The van der Waals surface area contributed by atoms with E-state index in [-0.39, 0.29) is 6.04 Å². The van der Waals surface area contributed by atoms with E-state index >= 15 is 0 Å². The Kier molecular flexibility index (Phi) is 5.59. The quantitative estimate of drug-likeness (QED) is 0.476. The van der Waals surface area contributed by atoms with Gasteiger partial charge in [0.05, 0.1) is 5.70 Å². The van der Waals surface area contributed by atoms with E-state index in [1.165, 1.54) is 0 Å². The third-order valence-corrected chi connectivity index (χ3v) is 6.39. The molecule has 0 bridgehead atoms. The normalized spacial score (nSPS) is 24.8. The van der Waals surface area contributed by atoms with Crippen LogP contribution in [0.2, 0.25) is 0 Å². The van der Waals surface area contributed by atoms with Crippen LogP contribution in [0.4, 0.5) is 5.69 Å². The number of ether oxygens (including phenoxy) is 1. The number of hydrogen-bond donors (Lipinski definition) is 4. The fourth-order valence-corrected chi connectivity index (χ4v) is 4.60. The average Bonchev–Trinajstić information content (AvgIpc) is 3.27. The van der Waals surface area contributed by atoms with Gasteiger partial charge in [-0.3, -0.25) is 0 Å². The lowest BCUT2D eigenvalue weighted by molar-refractivity contribution is 0.239. The first kappa shape index (κ1) is 20.6. The van der Waals surface area contributed by atoms with Crippen molar-refractivity contribution in [3.05, 3.63) is 84.5 Å². The standard InChI is InChI=1S/C25H30N6O/c26-20-11-9-19(10-12-20)25(27)16-23(24-28-13-14-31(24)30-25)29-21-7-4-8-22(15-21)32-17-18-5-2-1-3-6-18/h1-8,13-16,19-20,29-30H,9-12,17,26-27H2. The summed E-state index contributed by atoms with van der Waals surface area (Å²) in [5.41, 5.74) is 18.7. The Hall–Kier alpha value is -3.29. The van der Waals surface area contributed by atoms with Crippen molar-refractivity contribution in [3.63, 3.8) is 0 Å². The van der Waals surface area contributed by atoms with Crippen molar-refractivity contribution in [1.29, 1.82) is 0 Å². The highest BCUT2D eigenvalue weighted by Crippen LogP contribution is 2.35.